The molecule has 0 aromatic rings. The third kappa shape index (κ3) is 57.6. The van der Waals surface area contributed by atoms with E-state index in [1.54, 1.807) is 0 Å². The fraction of sp³-hybridized carbons (Fsp3) is 0.938. The predicted octanol–water partition coefficient (Wildman–Crippen LogP) is 17.7. The molecule has 3 unspecified atom stereocenters. The molecule has 0 aliphatic carbocycles. The summed E-state index contributed by atoms with van der Waals surface area (Å²) in [6.45, 7) is 9.38. The van der Waals surface area contributed by atoms with Crippen LogP contribution >= 0.6 is 15.6 Å². The third-order valence-corrected chi connectivity index (χ3v) is 17.0. The SMILES string of the molecule is CCCCCCCCCCCCCCCCC(=O)O[C@H](COC(=O)CCCCCCCCCCC(C)CC)COP(=O)(O)OC[C@@H](O)COP(=O)(O)OC[C@@H](COC(=O)CCCCCCCCCC)OC(=O)CCCCCCCCC(C)C. The molecule has 0 heterocycles. The van der Waals surface area contributed by atoms with Crippen LogP contribution in [0.3, 0.4) is 0 Å². The third-order valence-electron chi connectivity index (χ3n) is 15.1. The molecule has 0 rings (SSSR count). The second-order valence-electron chi connectivity index (χ2n) is 23.9. The van der Waals surface area contributed by atoms with Gasteiger partial charge < -0.3 is 33.8 Å². The zero-order valence-corrected chi connectivity index (χ0v) is 55.3. The lowest BCUT2D eigenvalue weighted by Crippen LogP contribution is -2.30. The van der Waals surface area contributed by atoms with Gasteiger partial charge in [-0.05, 0) is 37.5 Å². The maximum atomic E-state index is 13.0. The molecule has 0 aromatic carbocycles. The van der Waals surface area contributed by atoms with Gasteiger partial charge in [0, 0.05) is 25.7 Å². The van der Waals surface area contributed by atoms with Crippen LogP contribution in [0, 0.1) is 11.8 Å². The Hall–Kier alpha value is -1.94. The molecule has 83 heavy (non-hydrogen) atoms. The van der Waals surface area contributed by atoms with Gasteiger partial charge >= 0.3 is 39.5 Å². The van der Waals surface area contributed by atoms with Gasteiger partial charge in [-0.2, -0.15) is 0 Å². The molecule has 3 N–H and O–H groups in total. The minimum Gasteiger partial charge on any atom is -0.462 e. The first-order chi connectivity index (χ1) is 39.9. The van der Waals surface area contributed by atoms with Gasteiger partial charge in [0.2, 0.25) is 0 Å². The number of phosphoric ester groups is 2. The van der Waals surface area contributed by atoms with E-state index in [9.17, 15) is 43.2 Å². The molecule has 0 aliphatic rings. The minimum absolute atomic E-state index is 0.102. The molecule has 0 aliphatic heterocycles. The Morgan fingerprint density at radius 1 is 0.349 bits per heavy atom. The molecule has 0 radical (unpaired) electrons. The molecular weight excluding hydrogens is 1100 g/mol. The van der Waals surface area contributed by atoms with E-state index in [0.29, 0.717) is 31.6 Å². The standard InChI is InChI=1S/C64H124O17P2/c1-7-10-12-14-16-18-19-20-21-22-23-29-36-42-48-63(68)80-59(52-75-62(67)47-41-35-28-25-24-26-33-39-45-57(6)9-3)54-78-82(70,71)76-50-58(65)51-77-83(72,73)79-55-60(53-74-61(66)46-40-34-27-17-15-13-11-8-2)81-64(69)49-43-37-31-30-32-38-44-56(4)5/h56-60,65H,7-55H2,1-6H3,(H,70,71)(H,72,73)/t57?,58-,59-,60-/m1/s1. The molecule has 0 fully saturated rings. The van der Waals surface area contributed by atoms with Crippen LogP contribution in [0.5, 0.6) is 0 Å². The summed E-state index contributed by atoms with van der Waals surface area (Å²) >= 11 is 0. The van der Waals surface area contributed by atoms with Crippen molar-refractivity contribution < 1.29 is 80.2 Å². The van der Waals surface area contributed by atoms with Crippen LogP contribution in [0.1, 0.15) is 318 Å². The second kappa shape index (κ2) is 56.6. The summed E-state index contributed by atoms with van der Waals surface area (Å²) in [5.74, 6) is -0.692. The number of esters is 4. The first-order valence-corrected chi connectivity index (χ1v) is 36.5. The lowest BCUT2D eigenvalue weighted by Gasteiger charge is -2.21. The van der Waals surface area contributed by atoms with Gasteiger partial charge in [0.15, 0.2) is 12.2 Å². The Kier molecular flexibility index (Phi) is 55.2. The first kappa shape index (κ1) is 81.1. The van der Waals surface area contributed by atoms with Gasteiger partial charge in [-0.1, -0.05) is 266 Å². The highest BCUT2D eigenvalue weighted by molar-refractivity contribution is 7.47. The molecule has 492 valence electrons. The van der Waals surface area contributed by atoms with Crippen molar-refractivity contribution in [3.63, 3.8) is 0 Å². The zero-order valence-electron chi connectivity index (χ0n) is 53.5. The summed E-state index contributed by atoms with van der Waals surface area (Å²) in [6.07, 6.45) is 39.1. The maximum absolute atomic E-state index is 13.0. The maximum Gasteiger partial charge on any atom is 0.472 e. The van der Waals surface area contributed by atoms with E-state index in [2.05, 4.69) is 41.5 Å². The van der Waals surface area contributed by atoms with Crippen LogP contribution in [0.2, 0.25) is 0 Å². The van der Waals surface area contributed by atoms with Crippen LogP contribution in [0.15, 0.2) is 0 Å². The first-order valence-electron chi connectivity index (χ1n) is 33.5. The van der Waals surface area contributed by atoms with Crippen molar-refractivity contribution in [1.29, 1.82) is 0 Å². The molecule has 0 saturated heterocycles. The molecule has 0 amide bonds. The highest BCUT2D eigenvalue weighted by Gasteiger charge is 2.30. The Morgan fingerprint density at radius 3 is 0.916 bits per heavy atom. The summed E-state index contributed by atoms with van der Waals surface area (Å²) in [7, 11) is -9.88. The quantitative estimate of drug-likeness (QED) is 0.0222. The number of rotatable bonds is 63. The highest BCUT2D eigenvalue weighted by atomic mass is 31.2. The summed E-state index contributed by atoms with van der Waals surface area (Å²) in [5.41, 5.74) is 0. The molecule has 17 nitrogen and oxygen atoms in total. The number of hydrogen-bond donors (Lipinski definition) is 3. The molecule has 19 heteroatoms. The smallest absolute Gasteiger partial charge is 0.462 e. The van der Waals surface area contributed by atoms with Gasteiger partial charge in [-0.3, -0.25) is 37.3 Å². The van der Waals surface area contributed by atoms with Crippen LogP contribution in [-0.4, -0.2) is 96.7 Å². The van der Waals surface area contributed by atoms with Crippen molar-refractivity contribution in [2.75, 3.05) is 39.6 Å². The minimum atomic E-state index is -4.94. The van der Waals surface area contributed by atoms with Crippen LogP contribution in [0.4, 0.5) is 0 Å². The molecule has 0 aromatic heterocycles. The van der Waals surface area contributed by atoms with Crippen molar-refractivity contribution in [2.24, 2.45) is 11.8 Å². The van der Waals surface area contributed by atoms with Crippen LogP contribution < -0.4 is 0 Å². The zero-order chi connectivity index (χ0) is 61.5. The summed E-state index contributed by atoms with van der Waals surface area (Å²) in [5, 5.41) is 10.5. The molecule has 0 spiro atoms. The van der Waals surface area contributed by atoms with E-state index in [0.717, 1.165) is 102 Å². The number of aliphatic hydroxyl groups is 1. The van der Waals surface area contributed by atoms with Gasteiger partial charge in [0.1, 0.15) is 19.3 Å². The number of aliphatic hydroxyl groups excluding tert-OH is 1. The van der Waals surface area contributed by atoms with E-state index in [1.165, 1.54) is 128 Å². The van der Waals surface area contributed by atoms with Gasteiger partial charge in [-0.15, -0.1) is 0 Å². The van der Waals surface area contributed by atoms with Gasteiger partial charge in [0.25, 0.3) is 0 Å². The Bertz CT molecular complexity index is 1630. The fourth-order valence-electron chi connectivity index (χ4n) is 9.50. The average Bonchev–Trinajstić information content (AvgIpc) is 3.46. The lowest BCUT2D eigenvalue weighted by molar-refractivity contribution is -0.161. The summed E-state index contributed by atoms with van der Waals surface area (Å²) < 4.78 is 67.9. The van der Waals surface area contributed by atoms with E-state index in [4.69, 9.17) is 37.0 Å². The van der Waals surface area contributed by atoms with Gasteiger partial charge in [0.05, 0.1) is 26.4 Å². The number of unbranched alkanes of at least 4 members (excludes halogenated alkanes) is 32. The predicted molar refractivity (Wildman–Crippen MR) is 331 cm³/mol. The van der Waals surface area contributed by atoms with Crippen LogP contribution in [-0.2, 0) is 65.4 Å². The highest BCUT2D eigenvalue weighted by Crippen LogP contribution is 2.45. The number of hydrogen-bond acceptors (Lipinski definition) is 15. The fourth-order valence-corrected chi connectivity index (χ4v) is 11.1. The van der Waals surface area contributed by atoms with E-state index in [1.807, 2.05) is 0 Å². The second-order valence-corrected chi connectivity index (χ2v) is 26.8. The number of phosphoric acid groups is 2. The van der Waals surface area contributed by atoms with Crippen molar-refractivity contribution in [3.05, 3.63) is 0 Å². The molecule has 0 saturated carbocycles. The summed E-state index contributed by atoms with van der Waals surface area (Å²) in [6, 6.07) is 0. The molecule has 6 atom stereocenters. The average molecular weight is 1230 g/mol. The van der Waals surface area contributed by atoms with E-state index < -0.39 is 97.5 Å². The Morgan fingerprint density at radius 2 is 0.614 bits per heavy atom. The summed E-state index contributed by atoms with van der Waals surface area (Å²) in [4.78, 5) is 72.1. The lowest BCUT2D eigenvalue weighted by atomic mass is 9.99. The van der Waals surface area contributed by atoms with Crippen molar-refractivity contribution in [1.82, 2.24) is 0 Å². The Labute approximate surface area is 505 Å². The van der Waals surface area contributed by atoms with Crippen molar-refractivity contribution in [2.45, 2.75) is 336 Å². The largest absolute Gasteiger partial charge is 0.472 e. The normalized spacial score (nSPS) is 14.6. The monoisotopic (exact) mass is 1230 g/mol. The van der Waals surface area contributed by atoms with Gasteiger partial charge in [-0.25, -0.2) is 9.13 Å². The van der Waals surface area contributed by atoms with E-state index in [-0.39, 0.29) is 25.7 Å². The van der Waals surface area contributed by atoms with E-state index >= 15 is 0 Å². The Balaban J connectivity index is 5.23. The van der Waals surface area contributed by atoms with Crippen molar-refractivity contribution >= 4 is 39.5 Å². The van der Waals surface area contributed by atoms with Crippen molar-refractivity contribution in [3.8, 4) is 0 Å². The number of ether oxygens (including phenoxy) is 4. The topological polar surface area (TPSA) is 237 Å². The number of carbonyl (C=O) groups excluding carboxylic acids is 4. The van der Waals surface area contributed by atoms with Crippen LogP contribution in [0.25, 0.3) is 0 Å². The molecule has 0 bridgehead atoms. The molecular formula is C64H124O17P2. The number of carbonyl (C=O) groups is 4.